The summed E-state index contributed by atoms with van der Waals surface area (Å²) in [5.41, 5.74) is 4.38. The van der Waals surface area contributed by atoms with Gasteiger partial charge in [-0.25, -0.2) is 0 Å². The molecule has 1 aromatic heterocycles. The van der Waals surface area contributed by atoms with E-state index in [0.717, 1.165) is 27.3 Å². The van der Waals surface area contributed by atoms with E-state index in [9.17, 15) is 9.59 Å². The first kappa shape index (κ1) is 20.6. The van der Waals surface area contributed by atoms with Gasteiger partial charge in [0.25, 0.3) is 5.91 Å². The number of rotatable bonds is 7. The van der Waals surface area contributed by atoms with Crippen molar-refractivity contribution in [3.8, 4) is 5.75 Å². The minimum atomic E-state index is -0.320. The van der Waals surface area contributed by atoms with E-state index in [1.54, 1.807) is 35.6 Å². The topological polar surface area (TPSA) is 67.4 Å². The first-order valence-corrected chi connectivity index (χ1v) is 10.2. The van der Waals surface area contributed by atoms with Gasteiger partial charge in [0.05, 0.1) is 6.54 Å². The molecule has 0 aliphatic heterocycles. The fraction of sp³-hybridized carbons (Fsp3) is 0.217. The summed E-state index contributed by atoms with van der Waals surface area (Å²) in [6.07, 6.45) is 0. The average molecular weight is 409 g/mol. The Kier molecular flexibility index (Phi) is 6.67. The molecule has 0 saturated heterocycles. The second-order valence-electron chi connectivity index (χ2n) is 6.90. The van der Waals surface area contributed by atoms with E-state index >= 15 is 0 Å². The van der Waals surface area contributed by atoms with Gasteiger partial charge in [0.2, 0.25) is 5.91 Å². The van der Waals surface area contributed by atoms with Crippen molar-refractivity contribution in [1.29, 1.82) is 0 Å². The molecule has 0 saturated carbocycles. The zero-order valence-electron chi connectivity index (χ0n) is 16.7. The average Bonchev–Trinajstić information content (AvgIpc) is 3.21. The Morgan fingerprint density at radius 2 is 1.76 bits per heavy atom. The standard InChI is InChI=1S/C23H24N2O3S/c1-15-10-16(2)22(17(3)11-15)25-21(26)13-24-23(27)18-6-4-7-19(12-18)28-14-20-8-5-9-29-20/h4-12H,13-14H2,1-3H3,(H,24,27)(H,25,26). The van der Waals surface area contributed by atoms with Crippen LogP contribution in [-0.2, 0) is 11.4 Å². The summed E-state index contributed by atoms with van der Waals surface area (Å²) >= 11 is 1.62. The smallest absolute Gasteiger partial charge is 0.251 e. The predicted octanol–water partition coefficient (Wildman–Crippen LogP) is 4.62. The number of carbonyl (C=O) groups excluding carboxylic acids is 2. The summed E-state index contributed by atoms with van der Waals surface area (Å²) in [6.45, 7) is 6.28. The van der Waals surface area contributed by atoms with Crippen LogP contribution in [0, 0.1) is 20.8 Å². The van der Waals surface area contributed by atoms with Crippen LogP contribution in [0.1, 0.15) is 31.9 Å². The molecular weight excluding hydrogens is 384 g/mol. The molecular formula is C23H24N2O3S. The van der Waals surface area contributed by atoms with E-state index < -0.39 is 0 Å². The third kappa shape index (κ3) is 5.68. The lowest BCUT2D eigenvalue weighted by molar-refractivity contribution is -0.115. The summed E-state index contributed by atoms with van der Waals surface area (Å²) in [5.74, 6) is 0.0268. The molecule has 3 rings (SSSR count). The Balaban J connectivity index is 1.55. The zero-order chi connectivity index (χ0) is 20.8. The van der Waals surface area contributed by atoms with E-state index in [0.29, 0.717) is 17.9 Å². The van der Waals surface area contributed by atoms with Gasteiger partial charge in [-0.15, -0.1) is 11.3 Å². The highest BCUT2D eigenvalue weighted by molar-refractivity contribution is 7.09. The van der Waals surface area contributed by atoms with Crippen LogP contribution < -0.4 is 15.4 Å². The molecule has 0 spiro atoms. The summed E-state index contributed by atoms with van der Waals surface area (Å²) in [6, 6.07) is 14.9. The van der Waals surface area contributed by atoms with Crippen molar-refractivity contribution in [2.75, 3.05) is 11.9 Å². The Hall–Kier alpha value is -3.12. The maximum absolute atomic E-state index is 12.4. The number of hydrogen-bond donors (Lipinski definition) is 2. The van der Waals surface area contributed by atoms with Crippen molar-refractivity contribution >= 4 is 28.8 Å². The number of anilines is 1. The fourth-order valence-corrected chi connectivity index (χ4v) is 3.72. The van der Waals surface area contributed by atoms with Gasteiger partial charge in [0.15, 0.2) is 0 Å². The number of hydrogen-bond acceptors (Lipinski definition) is 4. The van der Waals surface area contributed by atoms with Gasteiger partial charge >= 0.3 is 0 Å². The Labute approximate surface area is 174 Å². The quantitative estimate of drug-likeness (QED) is 0.599. The number of thiophene rings is 1. The highest BCUT2D eigenvalue weighted by Crippen LogP contribution is 2.22. The molecule has 2 aromatic carbocycles. The molecule has 0 atom stereocenters. The molecule has 0 aliphatic rings. The number of benzene rings is 2. The monoisotopic (exact) mass is 408 g/mol. The van der Waals surface area contributed by atoms with Crippen LogP contribution in [0.15, 0.2) is 53.9 Å². The molecule has 0 bridgehead atoms. The van der Waals surface area contributed by atoms with Crippen LogP contribution in [0.2, 0.25) is 0 Å². The molecule has 2 N–H and O–H groups in total. The van der Waals surface area contributed by atoms with E-state index in [4.69, 9.17) is 4.74 Å². The zero-order valence-corrected chi connectivity index (χ0v) is 17.6. The molecule has 3 aromatic rings. The van der Waals surface area contributed by atoms with Crippen molar-refractivity contribution in [3.05, 3.63) is 81.0 Å². The van der Waals surface area contributed by atoms with E-state index in [1.165, 1.54) is 0 Å². The Bertz CT molecular complexity index is 990. The third-order valence-corrected chi connectivity index (χ3v) is 5.26. The molecule has 29 heavy (non-hydrogen) atoms. The number of amides is 2. The largest absolute Gasteiger partial charge is 0.488 e. The normalized spacial score (nSPS) is 10.4. The van der Waals surface area contributed by atoms with E-state index in [-0.39, 0.29) is 18.4 Å². The van der Waals surface area contributed by atoms with Crippen molar-refractivity contribution in [1.82, 2.24) is 5.32 Å². The second kappa shape index (κ2) is 9.39. The summed E-state index contributed by atoms with van der Waals surface area (Å²) in [4.78, 5) is 25.8. The van der Waals surface area contributed by atoms with Gasteiger partial charge in [-0.2, -0.15) is 0 Å². The number of ether oxygens (including phenoxy) is 1. The van der Waals surface area contributed by atoms with E-state index in [2.05, 4.69) is 10.6 Å². The molecule has 0 aliphatic carbocycles. The Morgan fingerprint density at radius 1 is 1.00 bits per heavy atom. The molecule has 2 amide bonds. The number of carbonyl (C=O) groups is 2. The molecule has 0 unspecified atom stereocenters. The molecule has 5 nitrogen and oxygen atoms in total. The van der Waals surface area contributed by atoms with Crippen molar-refractivity contribution in [2.24, 2.45) is 0 Å². The van der Waals surface area contributed by atoms with Crippen LogP contribution in [-0.4, -0.2) is 18.4 Å². The van der Waals surface area contributed by atoms with Crippen LogP contribution in [0.25, 0.3) is 0 Å². The molecule has 1 heterocycles. The molecule has 6 heteroatoms. The van der Waals surface area contributed by atoms with Gasteiger partial charge in [0.1, 0.15) is 12.4 Å². The second-order valence-corrected chi connectivity index (χ2v) is 7.93. The van der Waals surface area contributed by atoms with Gasteiger partial charge in [-0.05, 0) is 61.5 Å². The summed E-state index contributed by atoms with van der Waals surface area (Å²) < 4.78 is 5.73. The van der Waals surface area contributed by atoms with Crippen molar-refractivity contribution < 1.29 is 14.3 Å². The lowest BCUT2D eigenvalue weighted by atomic mass is 10.1. The molecule has 0 radical (unpaired) electrons. The highest BCUT2D eigenvalue weighted by atomic mass is 32.1. The van der Waals surface area contributed by atoms with E-state index in [1.807, 2.05) is 50.4 Å². The summed E-state index contributed by atoms with van der Waals surface area (Å²) in [5, 5.41) is 7.54. The fourth-order valence-electron chi connectivity index (χ4n) is 3.10. The Morgan fingerprint density at radius 3 is 2.45 bits per heavy atom. The lowest BCUT2D eigenvalue weighted by Crippen LogP contribution is -2.33. The molecule has 0 fully saturated rings. The highest BCUT2D eigenvalue weighted by Gasteiger charge is 2.12. The predicted molar refractivity (Wildman–Crippen MR) is 117 cm³/mol. The van der Waals surface area contributed by atoms with Gasteiger partial charge in [-0.1, -0.05) is 29.8 Å². The molecule has 150 valence electrons. The van der Waals surface area contributed by atoms with Crippen LogP contribution in [0.4, 0.5) is 5.69 Å². The van der Waals surface area contributed by atoms with Crippen molar-refractivity contribution in [3.63, 3.8) is 0 Å². The summed E-state index contributed by atoms with van der Waals surface area (Å²) in [7, 11) is 0. The number of nitrogens with one attached hydrogen (secondary N) is 2. The van der Waals surface area contributed by atoms with Crippen LogP contribution >= 0.6 is 11.3 Å². The van der Waals surface area contributed by atoms with Gasteiger partial charge < -0.3 is 15.4 Å². The first-order chi connectivity index (χ1) is 13.9. The minimum absolute atomic E-state index is 0.105. The maximum Gasteiger partial charge on any atom is 0.251 e. The SMILES string of the molecule is Cc1cc(C)c(NC(=O)CNC(=O)c2cccc(OCc3cccs3)c2)c(C)c1. The van der Waals surface area contributed by atoms with Gasteiger partial charge in [-0.3, -0.25) is 9.59 Å². The van der Waals surface area contributed by atoms with Gasteiger partial charge in [0, 0.05) is 16.1 Å². The van der Waals surface area contributed by atoms with Crippen LogP contribution in [0.5, 0.6) is 5.75 Å². The lowest BCUT2D eigenvalue weighted by Gasteiger charge is -2.13. The number of aryl methyl sites for hydroxylation is 3. The first-order valence-electron chi connectivity index (χ1n) is 9.33. The van der Waals surface area contributed by atoms with Crippen molar-refractivity contribution in [2.45, 2.75) is 27.4 Å². The van der Waals surface area contributed by atoms with Crippen LogP contribution in [0.3, 0.4) is 0 Å². The maximum atomic E-state index is 12.4. The minimum Gasteiger partial charge on any atom is -0.488 e. The third-order valence-electron chi connectivity index (χ3n) is 4.41.